The van der Waals surface area contributed by atoms with E-state index in [0.717, 1.165) is 25.7 Å². The Balaban J connectivity index is 1.85. The van der Waals surface area contributed by atoms with Crippen molar-refractivity contribution in [1.29, 1.82) is 0 Å². The maximum Gasteiger partial charge on any atom is 0.261 e. The van der Waals surface area contributed by atoms with Crippen LogP contribution in [0, 0.1) is 0 Å². The van der Waals surface area contributed by atoms with Crippen LogP contribution in [-0.4, -0.2) is 32.5 Å². The molecule has 0 unspecified atom stereocenters. The second kappa shape index (κ2) is 8.39. The van der Waals surface area contributed by atoms with Gasteiger partial charge in [-0.25, -0.2) is 8.42 Å². The molecule has 0 spiro atoms. The Kier molecular flexibility index (Phi) is 5.95. The van der Waals surface area contributed by atoms with Gasteiger partial charge in [0.05, 0.1) is 29.5 Å². The van der Waals surface area contributed by atoms with Gasteiger partial charge in [-0.3, -0.25) is 14.5 Å². The topological polar surface area (TPSA) is 97.4 Å². The third-order valence-electron chi connectivity index (χ3n) is 4.58. The van der Waals surface area contributed by atoms with Crippen molar-refractivity contribution in [3.63, 3.8) is 0 Å². The molecule has 144 valence electrons. The smallest absolute Gasteiger partial charge is 0.261 e. The number of nitrogens with one attached hydrogen (secondary N) is 2. The van der Waals surface area contributed by atoms with Gasteiger partial charge in [0.15, 0.2) is 0 Å². The molecule has 1 aromatic carbocycles. The van der Waals surface area contributed by atoms with E-state index in [4.69, 9.17) is 4.74 Å². The SMILES string of the molecule is COc1ccc(S(=O)(=O)Nc2cccnc2)cc1C(=O)NC1CCCCC1. The number of aromatic nitrogens is 1. The van der Waals surface area contributed by atoms with Crippen molar-refractivity contribution in [3.8, 4) is 5.75 Å². The van der Waals surface area contributed by atoms with Gasteiger partial charge in [0, 0.05) is 12.2 Å². The van der Waals surface area contributed by atoms with E-state index < -0.39 is 10.0 Å². The van der Waals surface area contributed by atoms with E-state index in [1.54, 1.807) is 18.3 Å². The molecule has 0 radical (unpaired) electrons. The summed E-state index contributed by atoms with van der Waals surface area (Å²) in [5.41, 5.74) is 0.554. The number of rotatable bonds is 6. The highest BCUT2D eigenvalue weighted by Crippen LogP contribution is 2.25. The number of pyridine rings is 1. The molecule has 2 N–H and O–H groups in total. The highest BCUT2D eigenvalue weighted by Gasteiger charge is 2.22. The number of hydrogen-bond donors (Lipinski definition) is 2. The van der Waals surface area contributed by atoms with E-state index in [9.17, 15) is 13.2 Å². The Hall–Kier alpha value is -2.61. The zero-order chi connectivity index (χ0) is 19.3. The summed E-state index contributed by atoms with van der Waals surface area (Å²) in [6, 6.07) is 7.60. The Labute approximate surface area is 159 Å². The molecule has 1 fully saturated rings. The fourth-order valence-electron chi connectivity index (χ4n) is 3.18. The van der Waals surface area contributed by atoms with Crippen molar-refractivity contribution in [3.05, 3.63) is 48.3 Å². The lowest BCUT2D eigenvalue weighted by molar-refractivity contribution is 0.0924. The summed E-state index contributed by atoms with van der Waals surface area (Å²) < 4.78 is 33.0. The van der Waals surface area contributed by atoms with Gasteiger partial charge in [0.25, 0.3) is 15.9 Å². The average Bonchev–Trinajstić information content (AvgIpc) is 2.68. The predicted octanol–water partition coefficient (Wildman–Crippen LogP) is 2.95. The van der Waals surface area contributed by atoms with Crippen LogP contribution in [0.3, 0.4) is 0 Å². The standard InChI is InChI=1S/C19H23N3O4S/c1-26-18-10-9-16(27(24,25)22-15-8-5-11-20-13-15)12-17(18)19(23)21-14-6-3-2-4-7-14/h5,8-14,22H,2-4,6-7H2,1H3,(H,21,23). The second-order valence-electron chi connectivity index (χ2n) is 6.52. The number of anilines is 1. The minimum Gasteiger partial charge on any atom is -0.496 e. The van der Waals surface area contributed by atoms with E-state index in [1.807, 2.05) is 0 Å². The summed E-state index contributed by atoms with van der Waals surface area (Å²) in [5.74, 6) is 0.0146. The first-order valence-electron chi connectivity index (χ1n) is 8.91. The van der Waals surface area contributed by atoms with Crippen LogP contribution in [0.4, 0.5) is 5.69 Å². The lowest BCUT2D eigenvalue weighted by atomic mass is 9.95. The first kappa shape index (κ1) is 19.2. The lowest BCUT2D eigenvalue weighted by Crippen LogP contribution is -2.36. The second-order valence-corrected chi connectivity index (χ2v) is 8.20. The fraction of sp³-hybridized carbons (Fsp3) is 0.368. The number of sulfonamides is 1. The molecule has 1 heterocycles. The molecule has 0 saturated heterocycles. The number of carbonyl (C=O) groups is 1. The molecule has 0 atom stereocenters. The van der Waals surface area contributed by atoms with Crippen LogP contribution in [0.15, 0.2) is 47.6 Å². The van der Waals surface area contributed by atoms with E-state index in [2.05, 4.69) is 15.0 Å². The molecule has 8 heteroatoms. The van der Waals surface area contributed by atoms with Gasteiger partial charge in [0.2, 0.25) is 0 Å². The highest BCUT2D eigenvalue weighted by atomic mass is 32.2. The summed E-state index contributed by atoms with van der Waals surface area (Å²) in [7, 11) is -2.40. The van der Waals surface area contributed by atoms with Gasteiger partial charge in [-0.05, 0) is 43.2 Å². The number of methoxy groups -OCH3 is 1. The Morgan fingerprint density at radius 2 is 1.96 bits per heavy atom. The number of amides is 1. The molecule has 1 amide bonds. The maximum atomic E-state index is 12.7. The van der Waals surface area contributed by atoms with Crippen molar-refractivity contribution in [2.24, 2.45) is 0 Å². The van der Waals surface area contributed by atoms with E-state index in [0.29, 0.717) is 11.4 Å². The number of ether oxygens (including phenoxy) is 1. The molecule has 7 nitrogen and oxygen atoms in total. The third kappa shape index (κ3) is 4.77. The zero-order valence-corrected chi connectivity index (χ0v) is 16.0. The largest absolute Gasteiger partial charge is 0.496 e. The van der Waals surface area contributed by atoms with Crippen molar-refractivity contribution >= 4 is 21.6 Å². The molecule has 0 bridgehead atoms. The lowest BCUT2D eigenvalue weighted by Gasteiger charge is -2.23. The number of nitrogens with zero attached hydrogens (tertiary/aromatic N) is 1. The first-order chi connectivity index (χ1) is 13.0. The van der Waals surface area contributed by atoms with Crippen molar-refractivity contribution in [1.82, 2.24) is 10.3 Å². The maximum absolute atomic E-state index is 12.7. The van der Waals surface area contributed by atoms with Crippen LogP contribution in [0.2, 0.25) is 0 Å². The minimum absolute atomic E-state index is 0.0130. The van der Waals surface area contributed by atoms with E-state index in [1.165, 1.54) is 37.9 Å². The quantitative estimate of drug-likeness (QED) is 0.792. The molecule has 27 heavy (non-hydrogen) atoms. The zero-order valence-electron chi connectivity index (χ0n) is 15.1. The minimum atomic E-state index is -3.85. The monoisotopic (exact) mass is 389 g/mol. The van der Waals surface area contributed by atoms with Crippen LogP contribution < -0.4 is 14.8 Å². The van der Waals surface area contributed by atoms with E-state index in [-0.39, 0.29) is 22.4 Å². The van der Waals surface area contributed by atoms with Gasteiger partial charge in [0.1, 0.15) is 5.75 Å². The Morgan fingerprint density at radius 1 is 1.19 bits per heavy atom. The van der Waals surface area contributed by atoms with Gasteiger partial charge in [-0.2, -0.15) is 0 Å². The molecule has 2 aromatic rings. The number of hydrogen-bond acceptors (Lipinski definition) is 5. The van der Waals surface area contributed by atoms with Crippen LogP contribution in [-0.2, 0) is 10.0 Å². The first-order valence-corrected chi connectivity index (χ1v) is 10.4. The molecule has 1 aromatic heterocycles. The Morgan fingerprint density at radius 3 is 2.63 bits per heavy atom. The molecule has 1 saturated carbocycles. The Bertz CT molecular complexity index is 894. The average molecular weight is 389 g/mol. The fourth-order valence-corrected chi connectivity index (χ4v) is 4.25. The molecule has 1 aliphatic rings. The third-order valence-corrected chi connectivity index (χ3v) is 5.96. The molecular formula is C19H23N3O4S. The summed E-state index contributed by atoms with van der Waals surface area (Å²) in [6.07, 6.45) is 8.21. The van der Waals surface area contributed by atoms with E-state index >= 15 is 0 Å². The van der Waals surface area contributed by atoms with Crippen LogP contribution in [0.1, 0.15) is 42.5 Å². The van der Waals surface area contributed by atoms with Crippen LogP contribution in [0.25, 0.3) is 0 Å². The number of benzene rings is 1. The normalized spacial score (nSPS) is 15.1. The molecular weight excluding hydrogens is 366 g/mol. The highest BCUT2D eigenvalue weighted by molar-refractivity contribution is 7.92. The van der Waals surface area contributed by atoms with Crippen molar-refractivity contribution in [2.75, 3.05) is 11.8 Å². The van der Waals surface area contributed by atoms with Crippen molar-refractivity contribution in [2.45, 2.75) is 43.0 Å². The molecule has 1 aliphatic carbocycles. The van der Waals surface area contributed by atoms with Gasteiger partial charge in [-0.1, -0.05) is 19.3 Å². The van der Waals surface area contributed by atoms with Crippen molar-refractivity contribution < 1.29 is 17.9 Å². The summed E-state index contributed by atoms with van der Waals surface area (Å²) in [4.78, 5) is 16.6. The molecule has 0 aliphatic heterocycles. The van der Waals surface area contributed by atoms with Crippen LogP contribution >= 0.6 is 0 Å². The summed E-state index contributed by atoms with van der Waals surface area (Å²) in [5, 5.41) is 2.99. The predicted molar refractivity (Wildman–Crippen MR) is 102 cm³/mol. The van der Waals surface area contributed by atoms with Gasteiger partial charge in [-0.15, -0.1) is 0 Å². The van der Waals surface area contributed by atoms with Gasteiger partial charge >= 0.3 is 0 Å². The summed E-state index contributed by atoms with van der Waals surface area (Å²) >= 11 is 0. The van der Waals surface area contributed by atoms with Crippen LogP contribution in [0.5, 0.6) is 5.75 Å². The molecule has 3 rings (SSSR count). The number of carbonyl (C=O) groups excluding carboxylic acids is 1. The van der Waals surface area contributed by atoms with Gasteiger partial charge < -0.3 is 10.1 Å². The summed E-state index contributed by atoms with van der Waals surface area (Å²) in [6.45, 7) is 0.